The van der Waals surface area contributed by atoms with Crippen LogP contribution in [-0.2, 0) is 0 Å². The van der Waals surface area contributed by atoms with E-state index in [1.807, 2.05) is 12.1 Å². The Labute approximate surface area is 101 Å². The first-order valence-electron chi connectivity index (χ1n) is 4.83. The number of halogens is 1. The Bertz CT molecular complexity index is 652. The SMILES string of the molecule is Cc1cc(I)cc2oc3ccccc3c12. The van der Waals surface area contributed by atoms with Crippen molar-refractivity contribution in [2.24, 2.45) is 0 Å². The van der Waals surface area contributed by atoms with E-state index in [-0.39, 0.29) is 0 Å². The molecule has 0 amide bonds. The van der Waals surface area contributed by atoms with Crippen molar-refractivity contribution in [2.45, 2.75) is 6.92 Å². The number of para-hydroxylation sites is 1. The van der Waals surface area contributed by atoms with Gasteiger partial charge in [-0.2, -0.15) is 0 Å². The molecule has 0 bridgehead atoms. The summed E-state index contributed by atoms with van der Waals surface area (Å²) >= 11 is 2.32. The Hall–Kier alpha value is -1.03. The zero-order chi connectivity index (χ0) is 10.4. The molecule has 0 N–H and O–H groups in total. The van der Waals surface area contributed by atoms with Gasteiger partial charge in [-0.15, -0.1) is 0 Å². The fraction of sp³-hybridized carbons (Fsp3) is 0.0769. The second-order valence-electron chi connectivity index (χ2n) is 3.69. The molecule has 15 heavy (non-hydrogen) atoms. The molecule has 2 heteroatoms. The van der Waals surface area contributed by atoms with Gasteiger partial charge in [-0.1, -0.05) is 18.2 Å². The van der Waals surface area contributed by atoms with Crippen LogP contribution in [0.25, 0.3) is 21.9 Å². The first kappa shape index (κ1) is 9.21. The molecule has 3 aromatic rings. The van der Waals surface area contributed by atoms with Crippen molar-refractivity contribution in [1.29, 1.82) is 0 Å². The average molecular weight is 308 g/mol. The van der Waals surface area contributed by atoms with Crippen molar-refractivity contribution >= 4 is 44.5 Å². The van der Waals surface area contributed by atoms with E-state index in [2.05, 4.69) is 53.8 Å². The van der Waals surface area contributed by atoms with E-state index in [1.54, 1.807) is 0 Å². The van der Waals surface area contributed by atoms with Crippen LogP contribution in [0.4, 0.5) is 0 Å². The Kier molecular flexibility index (Phi) is 1.99. The van der Waals surface area contributed by atoms with Crippen LogP contribution < -0.4 is 0 Å². The summed E-state index contributed by atoms with van der Waals surface area (Å²) in [5.41, 5.74) is 3.24. The lowest BCUT2D eigenvalue weighted by molar-refractivity contribution is 0.668. The lowest BCUT2D eigenvalue weighted by Gasteiger charge is -1.96. The molecule has 2 aromatic carbocycles. The van der Waals surface area contributed by atoms with E-state index >= 15 is 0 Å². The number of aryl methyl sites for hydroxylation is 1. The van der Waals surface area contributed by atoms with Crippen molar-refractivity contribution in [3.63, 3.8) is 0 Å². The van der Waals surface area contributed by atoms with Crippen molar-refractivity contribution in [2.75, 3.05) is 0 Å². The van der Waals surface area contributed by atoms with Gasteiger partial charge in [0.25, 0.3) is 0 Å². The third-order valence-corrected chi connectivity index (χ3v) is 3.26. The molecule has 0 aliphatic heterocycles. The monoisotopic (exact) mass is 308 g/mol. The minimum atomic E-state index is 0.970. The molecule has 1 heterocycles. The third-order valence-electron chi connectivity index (χ3n) is 2.64. The number of hydrogen-bond donors (Lipinski definition) is 0. The number of benzene rings is 2. The van der Waals surface area contributed by atoms with Crippen molar-refractivity contribution < 1.29 is 4.42 Å². The molecule has 0 aliphatic rings. The van der Waals surface area contributed by atoms with E-state index in [0.29, 0.717) is 0 Å². The van der Waals surface area contributed by atoms with Crippen LogP contribution in [-0.4, -0.2) is 0 Å². The first-order valence-corrected chi connectivity index (χ1v) is 5.91. The molecule has 0 saturated carbocycles. The molecule has 1 aromatic heterocycles. The highest BCUT2D eigenvalue weighted by Gasteiger charge is 2.08. The van der Waals surface area contributed by atoms with E-state index in [9.17, 15) is 0 Å². The Balaban J connectivity index is 2.61. The molecule has 0 fully saturated rings. The summed E-state index contributed by atoms with van der Waals surface area (Å²) in [6.07, 6.45) is 0. The minimum absolute atomic E-state index is 0.970. The largest absolute Gasteiger partial charge is 0.456 e. The molecule has 1 nitrogen and oxygen atoms in total. The van der Waals surface area contributed by atoms with Crippen LogP contribution in [0.15, 0.2) is 40.8 Å². The summed E-state index contributed by atoms with van der Waals surface area (Å²) in [5.74, 6) is 0. The predicted molar refractivity (Wildman–Crippen MR) is 71.2 cm³/mol. The second-order valence-corrected chi connectivity index (χ2v) is 4.94. The Morgan fingerprint density at radius 1 is 1.07 bits per heavy atom. The van der Waals surface area contributed by atoms with E-state index in [1.165, 1.54) is 19.9 Å². The van der Waals surface area contributed by atoms with Gasteiger partial charge in [-0.25, -0.2) is 0 Å². The maximum absolute atomic E-state index is 5.81. The third kappa shape index (κ3) is 1.35. The van der Waals surface area contributed by atoms with Gasteiger partial charge in [0.2, 0.25) is 0 Å². The van der Waals surface area contributed by atoms with Gasteiger partial charge in [0.05, 0.1) is 0 Å². The summed E-state index contributed by atoms with van der Waals surface area (Å²) in [4.78, 5) is 0. The van der Waals surface area contributed by atoms with Crippen LogP contribution in [0.5, 0.6) is 0 Å². The summed E-state index contributed by atoms with van der Waals surface area (Å²) in [6, 6.07) is 12.5. The quantitative estimate of drug-likeness (QED) is 0.557. The predicted octanol–water partition coefficient (Wildman–Crippen LogP) is 4.50. The van der Waals surface area contributed by atoms with Crippen LogP contribution in [0.2, 0.25) is 0 Å². The maximum atomic E-state index is 5.81. The second kappa shape index (κ2) is 3.23. The topological polar surface area (TPSA) is 13.1 Å². The van der Waals surface area contributed by atoms with Crippen LogP contribution in [0.1, 0.15) is 5.56 Å². The normalized spacial score (nSPS) is 11.3. The fourth-order valence-corrected chi connectivity index (χ4v) is 2.77. The number of hydrogen-bond acceptors (Lipinski definition) is 1. The molecule has 0 radical (unpaired) electrons. The summed E-state index contributed by atoms with van der Waals surface area (Å²) in [6.45, 7) is 2.13. The molecule has 0 spiro atoms. The first-order chi connectivity index (χ1) is 7.25. The highest BCUT2D eigenvalue weighted by Crippen LogP contribution is 2.32. The zero-order valence-electron chi connectivity index (χ0n) is 8.25. The molecule has 3 rings (SSSR count). The van der Waals surface area contributed by atoms with Gasteiger partial charge in [-0.3, -0.25) is 0 Å². The van der Waals surface area contributed by atoms with Gasteiger partial charge in [-0.05, 0) is 53.3 Å². The lowest BCUT2D eigenvalue weighted by atomic mass is 10.1. The zero-order valence-corrected chi connectivity index (χ0v) is 10.4. The number of fused-ring (bicyclic) bond motifs is 3. The molecular formula is C13H9IO. The van der Waals surface area contributed by atoms with Crippen LogP contribution in [0.3, 0.4) is 0 Å². The molecule has 0 saturated heterocycles. The smallest absolute Gasteiger partial charge is 0.136 e. The van der Waals surface area contributed by atoms with E-state index in [0.717, 1.165) is 11.2 Å². The Morgan fingerprint density at radius 3 is 2.73 bits per heavy atom. The standard InChI is InChI=1S/C13H9IO/c1-8-6-9(14)7-12-13(8)10-4-2-3-5-11(10)15-12/h2-7H,1H3. The van der Waals surface area contributed by atoms with Crippen molar-refractivity contribution in [3.8, 4) is 0 Å². The number of rotatable bonds is 0. The lowest BCUT2D eigenvalue weighted by Crippen LogP contribution is -1.77. The van der Waals surface area contributed by atoms with Crippen LogP contribution in [0, 0.1) is 10.5 Å². The molecule has 0 atom stereocenters. The molecular weight excluding hydrogens is 299 g/mol. The molecule has 74 valence electrons. The van der Waals surface area contributed by atoms with Gasteiger partial charge < -0.3 is 4.42 Å². The van der Waals surface area contributed by atoms with Gasteiger partial charge >= 0.3 is 0 Å². The maximum Gasteiger partial charge on any atom is 0.136 e. The molecule has 0 unspecified atom stereocenters. The van der Waals surface area contributed by atoms with Gasteiger partial charge in [0, 0.05) is 14.3 Å². The Morgan fingerprint density at radius 2 is 1.87 bits per heavy atom. The average Bonchev–Trinajstić information content (AvgIpc) is 2.54. The van der Waals surface area contributed by atoms with E-state index < -0.39 is 0 Å². The summed E-state index contributed by atoms with van der Waals surface area (Å²) < 4.78 is 7.03. The van der Waals surface area contributed by atoms with Crippen LogP contribution >= 0.6 is 22.6 Å². The minimum Gasteiger partial charge on any atom is -0.456 e. The van der Waals surface area contributed by atoms with Crippen molar-refractivity contribution in [1.82, 2.24) is 0 Å². The van der Waals surface area contributed by atoms with Gasteiger partial charge in [0.1, 0.15) is 11.2 Å². The fourth-order valence-electron chi connectivity index (χ4n) is 2.02. The number of furan rings is 1. The van der Waals surface area contributed by atoms with E-state index in [4.69, 9.17) is 4.42 Å². The van der Waals surface area contributed by atoms with Gasteiger partial charge in [0.15, 0.2) is 0 Å². The van der Waals surface area contributed by atoms with Crippen molar-refractivity contribution in [3.05, 3.63) is 45.5 Å². The summed E-state index contributed by atoms with van der Waals surface area (Å²) in [5, 5.41) is 2.45. The highest BCUT2D eigenvalue weighted by atomic mass is 127. The molecule has 0 aliphatic carbocycles. The highest BCUT2D eigenvalue weighted by molar-refractivity contribution is 14.1. The summed E-state index contributed by atoms with van der Waals surface area (Å²) in [7, 11) is 0.